The van der Waals surface area contributed by atoms with Gasteiger partial charge in [-0.2, -0.15) is 4.57 Å². The van der Waals surface area contributed by atoms with Gasteiger partial charge in [0.1, 0.15) is 15.9 Å². The molecule has 0 radical (unpaired) electrons. The lowest BCUT2D eigenvalue weighted by molar-refractivity contribution is -0.665. The predicted octanol–water partition coefficient (Wildman–Crippen LogP) is 1.50. The largest absolute Gasteiger partial charge is 1.00 e. The Bertz CT molecular complexity index is 1610. The third-order valence-corrected chi connectivity index (χ3v) is 8.34. The molecule has 0 aliphatic carbocycles. The third kappa shape index (κ3) is 4.81. The van der Waals surface area contributed by atoms with Crippen molar-refractivity contribution in [2.45, 2.75) is 33.9 Å². The summed E-state index contributed by atoms with van der Waals surface area (Å²) in [6.07, 6.45) is 10.5. The number of hydrogen-bond acceptors (Lipinski definition) is 4. The molecule has 1 aliphatic rings. The van der Waals surface area contributed by atoms with E-state index in [2.05, 4.69) is 96.1 Å². The molecule has 2 aromatic heterocycles. The van der Waals surface area contributed by atoms with Crippen LogP contribution in [0.1, 0.15) is 31.3 Å². The van der Waals surface area contributed by atoms with Crippen molar-refractivity contribution < 1.29 is 28.5 Å². The smallest absolute Gasteiger partial charge is 0.269 e. The van der Waals surface area contributed by atoms with Gasteiger partial charge in [0.25, 0.3) is 10.6 Å². The van der Waals surface area contributed by atoms with Crippen molar-refractivity contribution >= 4 is 56.8 Å². The molecule has 2 aromatic carbocycles. The zero-order chi connectivity index (χ0) is 23.7. The number of para-hydroxylation sites is 2. The minimum absolute atomic E-state index is 0. The van der Waals surface area contributed by atoms with Crippen molar-refractivity contribution in [1.29, 1.82) is 0 Å². The van der Waals surface area contributed by atoms with E-state index in [4.69, 9.17) is 0 Å². The van der Waals surface area contributed by atoms with E-state index < -0.39 is 0 Å². The van der Waals surface area contributed by atoms with Gasteiger partial charge in [-0.15, -0.1) is 11.3 Å². The molecule has 4 nitrogen and oxygen atoms in total. The van der Waals surface area contributed by atoms with E-state index in [1.54, 1.807) is 22.7 Å². The van der Waals surface area contributed by atoms with Crippen molar-refractivity contribution in [1.82, 2.24) is 4.57 Å². The highest BCUT2D eigenvalue weighted by molar-refractivity contribution is 7.19. The Kier molecular flexibility index (Phi) is 8.09. The van der Waals surface area contributed by atoms with Gasteiger partial charge in [0.15, 0.2) is 0 Å². The molecule has 35 heavy (non-hydrogen) atoms. The number of halogens is 1. The maximum atomic E-state index is 13.2. The molecule has 0 saturated heterocycles. The van der Waals surface area contributed by atoms with Crippen LogP contribution in [0.2, 0.25) is 0 Å². The number of aryl methyl sites for hydroxylation is 1. The molecule has 0 bridgehead atoms. The van der Waals surface area contributed by atoms with Gasteiger partial charge in [-0.3, -0.25) is 9.36 Å². The number of likely N-dealkylation sites (N-methyl/N-ethyl adjacent to an activating group) is 1. The van der Waals surface area contributed by atoms with Gasteiger partial charge in [0.05, 0.1) is 10.6 Å². The van der Waals surface area contributed by atoms with Crippen molar-refractivity contribution in [2.75, 3.05) is 11.4 Å². The predicted molar refractivity (Wildman–Crippen MR) is 146 cm³/mol. The molecule has 0 saturated carbocycles. The Hall–Kier alpha value is -2.49. The van der Waals surface area contributed by atoms with Gasteiger partial charge in [-0.1, -0.05) is 47.7 Å². The molecule has 0 atom stereocenters. The maximum Gasteiger partial charge on any atom is 0.269 e. The first-order valence-corrected chi connectivity index (χ1v) is 13.4. The summed E-state index contributed by atoms with van der Waals surface area (Å²) in [5.41, 5.74) is 4.82. The Morgan fingerprint density at radius 2 is 1.69 bits per heavy atom. The van der Waals surface area contributed by atoms with Crippen LogP contribution < -0.4 is 48.2 Å². The van der Waals surface area contributed by atoms with Crippen molar-refractivity contribution in [2.24, 2.45) is 0 Å². The average Bonchev–Trinajstić information content (AvgIpc) is 3.37. The molecule has 3 heterocycles. The molecule has 0 fully saturated rings. The number of benzene rings is 2. The molecule has 0 unspecified atom stereocenters. The van der Waals surface area contributed by atoms with E-state index in [9.17, 15) is 4.79 Å². The van der Waals surface area contributed by atoms with Crippen LogP contribution in [0.25, 0.3) is 28.4 Å². The van der Waals surface area contributed by atoms with E-state index in [1.807, 2.05) is 17.6 Å². The second-order valence-electron chi connectivity index (χ2n) is 8.05. The summed E-state index contributed by atoms with van der Waals surface area (Å²) < 4.78 is 7.20. The fraction of sp³-hybridized carbons (Fsp3) is 0.214. The first-order chi connectivity index (χ1) is 16.6. The minimum atomic E-state index is 0. The number of allylic oxidation sites excluding steroid dienone is 2. The standard InChI is InChI=1S/C28H28N3OS2.HI/c1-4-29-21(16-15-20-11-7-8-12-22(20)29)17-18-25-28(32)31(6-3)27(34-25)19-26-30(5-2)23-13-9-10-14-24(23)33-26;/h7-19H,4-6H2,1-3H3;1H/q+1;/p-1/b21-17-,25-18-;. The molecule has 0 amide bonds. The van der Waals surface area contributed by atoms with Gasteiger partial charge in [0, 0.05) is 30.5 Å². The highest BCUT2D eigenvalue weighted by Crippen LogP contribution is 2.30. The summed E-state index contributed by atoms with van der Waals surface area (Å²) in [7, 11) is 0. The maximum absolute atomic E-state index is 13.2. The van der Waals surface area contributed by atoms with Crippen LogP contribution in [0.15, 0.2) is 71.2 Å². The molecule has 0 spiro atoms. The second kappa shape index (κ2) is 11.1. The van der Waals surface area contributed by atoms with Crippen molar-refractivity contribution in [3.05, 3.63) is 96.5 Å². The van der Waals surface area contributed by atoms with Crippen LogP contribution in [-0.4, -0.2) is 11.1 Å². The number of rotatable bonds is 5. The van der Waals surface area contributed by atoms with Gasteiger partial charge in [-0.25, -0.2) is 0 Å². The fourth-order valence-electron chi connectivity index (χ4n) is 4.49. The van der Waals surface area contributed by atoms with Crippen LogP contribution in [0.3, 0.4) is 0 Å². The summed E-state index contributed by atoms with van der Waals surface area (Å²) >= 11 is 3.33. The van der Waals surface area contributed by atoms with Crippen LogP contribution in [0.4, 0.5) is 5.69 Å². The number of thiazole rings is 2. The third-order valence-electron chi connectivity index (χ3n) is 6.15. The monoisotopic (exact) mass is 613 g/mol. The zero-order valence-electron chi connectivity index (χ0n) is 20.1. The number of nitrogens with zero attached hydrogens (tertiary/aromatic N) is 3. The normalized spacial score (nSPS) is 15.2. The minimum Gasteiger partial charge on any atom is -1.00 e. The summed E-state index contributed by atoms with van der Waals surface area (Å²) in [5, 5.41) is 1.17. The number of anilines is 1. The van der Waals surface area contributed by atoms with E-state index in [-0.39, 0.29) is 29.5 Å². The number of fused-ring (bicyclic) bond motifs is 2. The van der Waals surface area contributed by atoms with Gasteiger partial charge in [0.2, 0.25) is 5.52 Å². The number of aromatic nitrogens is 2. The summed E-state index contributed by atoms with van der Waals surface area (Å²) in [4.78, 5) is 15.5. The molecule has 180 valence electrons. The highest BCUT2D eigenvalue weighted by atomic mass is 127. The van der Waals surface area contributed by atoms with Crippen LogP contribution in [0, 0.1) is 0 Å². The lowest BCUT2D eigenvalue weighted by Gasteiger charge is -2.29. The van der Waals surface area contributed by atoms with E-state index in [1.165, 1.54) is 26.5 Å². The highest BCUT2D eigenvalue weighted by Gasteiger charge is 2.18. The zero-order valence-corrected chi connectivity index (χ0v) is 23.9. The SMILES string of the molecule is CCN1/C(=C\C=c2/s/c(=C\c3sc4ccccc4[n+]3CC)n(CC)c2=O)C=Cc2ccccc21.[I-]. The first kappa shape index (κ1) is 25.6. The van der Waals surface area contributed by atoms with Gasteiger partial charge in [-0.05, 0) is 56.7 Å². The molecular weight excluding hydrogens is 585 g/mol. The lowest BCUT2D eigenvalue weighted by Crippen LogP contribution is -3.00. The molecule has 4 aromatic rings. The summed E-state index contributed by atoms with van der Waals surface area (Å²) in [6.45, 7) is 8.76. The fourth-order valence-corrected chi connectivity index (χ4v) is 6.78. The Labute approximate surface area is 230 Å². The van der Waals surface area contributed by atoms with Crippen molar-refractivity contribution in [3.8, 4) is 0 Å². The Balaban J connectivity index is 0.00000289. The van der Waals surface area contributed by atoms with Gasteiger partial charge < -0.3 is 28.9 Å². The topological polar surface area (TPSA) is 29.1 Å². The Morgan fingerprint density at radius 3 is 2.46 bits per heavy atom. The summed E-state index contributed by atoms with van der Waals surface area (Å²) in [5.74, 6) is 0. The van der Waals surface area contributed by atoms with E-state index in [0.717, 1.165) is 28.0 Å². The van der Waals surface area contributed by atoms with Crippen molar-refractivity contribution in [3.63, 3.8) is 0 Å². The van der Waals surface area contributed by atoms with Crippen LogP contribution in [0.5, 0.6) is 0 Å². The average molecular weight is 614 g/mol. The molecule has 5 rings (SSSR count). The van der Waals surface area contributed by atoms with E-state index >= 15 is 0 Å². The molecule has 7 heteroatoms. The quantitative estimate of drug-likeness (QED) is 0.253. The number of hydrogen-bond donors (Lipinski definition) is 0. The van der Waals surface area contributed by atoms with E-state index in [0.29, 0.717) is 6.54 Å². The van der Waals surface area contributed by atoms with Crippen LogP contribution >= 0.6 is 22.7 Å². The summed E-state index contributed by atoms with van der Waals surface area (Å²) in [6, 6.07) is 16.9. The first-order valence-electron chi connectivity index (χ1n) is 11.7. The molecule has 0 N–H and O–H groups in total. The molecule has 1 aliphatic heterocycles. The van der Waals surface area contributed by atoms with Crippen LogP contribution in [-0.2, 0) is 13.1 Å². The lowest BCUT2D eigenvalue weighted by atomic mass is 10.1. The second-order valence-corrected chi connectivity index (χ2v) is 10.2. The van der Waals surface area contributed by atoms with Gasteiger partial charge >= 0.3 is 0 Å². The molecular formula is C28H28IN3OS2. The Morgan fingerprint density at radius 1 is 0.914 bits per heavy atom.